The van der Waals surface area contributed by atoms with Crippen molar-refractivity contribution in [1.82, 2.24) is 0 Å². The lowest BCUT2D eigenvalue weighted by Crippen LogP contribution is -2.49. The van der Waals surface area contributed by atoms with Gasteiger partial charge in [-0.15, -0.1) is 0 Å². The Morgan fingerprint density at radius 3 is 1.97 bits per heavy atom. The minimum atomic E-state index is -0.985. The summed E-state index contributed by atoms with van der Waals surface area (Å²) in [6.07, 6.45) is 0. The van der Waals surface area contributed by atoms with Crippen molar-refractivity contribution in [3.63, 3.8) is 0 Å². The van der Waals surface area contributed by atoms with Crippen LogP contribution in [0.2, 0.25) is 0 Å². The Morgan fingerprint density at radius 1 is 0.676 bits per heavy atom. The number of benzene rings is 4. The summed E-state index contributed by atoms with van der Waals surface area (Å²) < 4.78 is 19.3. The van der Waals surface area contributed by atoms with Crippen LogP contribution in [0.1, 0.15) is 27.7 Å². The second-order valence-corrected chi connectivity index (χ2v) is 10.6. The van der Waals surface area contributed by atoms with Gasteiger partial charge >= 0.3 is 7.48 Å². The Labute approximate surface area is 216 Å². The van der Waals surface area contributed by atoms with Crippen LogP contribution in [0.25, 0.3) is 55.4 Å². The third kappa shape index (κ3) is 3.95. The zero-order chi connectivity index (χ0) is 25.8. The highest BCUT2D eigenvalue weighted by atomic mass is 16.5. The van der Waals surface area contributed by atoms with Crippen molar-refractivity contribution in [1.29, 1.82) is 0 Å². The number of aliphatic hydroxyl groups is 1. The molecule has 5 heteroatoms. The first kappa shape index (κ1) is 23.6. The Hall–Kier alpha value is -3.80. The number of hydrogen-bond donors (Lipinski definition) is 1. The predicted molar refractivity (Wildman–Crippen MR) is 153 cm³/mol. The second kappa shape index (κ2) is 8.65. The summed E-state index contributed by atoms with van der Waals surface area (Å²) in [5.41, 5.74) is 4.70. The second-order valence-electron chi connectivity index (χ2n) is 10.6. The van der Waals surface area contributed by atoms with Gasteiger partial charge in [-0.25, -0.2) is 0 Å². The number of rotatable bonds is 6. The Bertz CT molecular complexity index is 1720. The van der Waals surface area contributed by atoms with Crippen LogP contribution in [0.15, 0.2) is 99.8 Å². The van der Waals surface area contributed by atoms with Crippen molar-refractivity contribution in [3.8, 4) is 22.5 Å². The molecule has 0 saturated heterocycles. The normalized spacial score (nSPS) is 12.6. The molecule has 2 heterocycles. The fraction of sp³-hybridized carbons (Fsp3) is 0.188. The summed E-state index contributed by atoms with van der Waals surface area (Å²) in [7, 11) is 0.351. The molecule has 0 fully saturated rings. The van der Waals surface area contributed by atoms with Gasteiger partial charge in [0.1, 0.15) is 11.3 Å². The lowest BCUT2D eigenvalue weighted by molar-refractivity contribution is -0.0893. The van der Waals surface area contributed by atoms with Gasteiger partial charge in [-0.3, -0.25) is 0 Å². The van der Waals surface area contributed by atoms with Crippen LogP contribution in [0.3, 0.4) is 0 Å². The van der Waals surface area contributed by atoms with E-state index in [4.69, 9.17) is 13.5 Å². The molecule has 37 heavy (non-hydrogen) atoms. The zero-order valence-corrected chi connectivity index (χ0v) is 21.5. The molecule has 2 aromatic heterocycles. The average Bonchev–Trinajstić information content (AvgIpc) is 3.47. The molecule has 0 saturated carbocycles. The lowest BCUT2D eigenvalue weighted by Gasteiger charge is -2.37. The molecular formula is C32H29BO4. The SMILES string of the molecule is CC(C)(O)C(C)(C)OBc1cccc2oc3c(ccc4c(-c5ccccc5)c(-c5ccccc5)oc43)c12. The van der Waals surface area contributed by atoms with E-state index in [1.165, 1.54) is 0 Å². The van der Waals surface area contributed by atoms with Gasteiger partial charge in [0, 0.05) is 27.3 Å². The predicted octanol–water partition coefficient (Wildman–Crippen LogP) is 7.21. The first-order valence-corrected chi connectivity index (χ1v) is 12.6. The van der Waals surface area contributed by atoms with Gasteiger partial charge in [0.05, 0.1) is 11.2 Å². The maximum atomic E-state index is 10.5. The zero-order valence-electron chi connectivity index (χ0n) is 21.5. The standard InChI is InChI=1S/C32H29BO4/c1-31(2,34)32(3,4)37-33-24-16-11-17-25-27(24)23-19-18-22-26(20-12-7-5-8-13-20)28(21-14-9-6-10-15-21)36-30(22)29(23)35-25/h5-19,33-34H,1-4H3. The van der Waals surface area contributed by atoms with Gasteiger partial charge in [-0.1, -0.05) is 72.8 Å². The number of fused-ring (bicyclic) bond motifs is 5. The molecule has 4 nitrogen and oxygen atoms in total. The van der Waals surface area contributed by atoms with Gasteiger partial charge in [-0.05, 0) is 56.9 Å². The number of furan rings is 2. The van der Waals surface area contributed by atoms with Crippen molar-refractivity contribution < 1.29 is 18.6 Å². The fourth-order valence-corrected chi connectivity index (χ4v) is 4.75. The molecule has 0 aliphatic carbocycles. The summed E-state index contributed by atoms with van der Waals surface area (Å²) in [5.74, 6) is 0.824. The molecule has 0 spiro atoms. The Kier molecular flexibility index (Phi) is 5.52. The van der Waals surface area contributed by atoms with Crippen molar-refractivity contribution in [3.05, 3.63) is 91.0 Å². The minimum absolute atomic E-state index is 0.351. The summed E-state index contributed by atoms with van der Waals surface area (Å²) >= 11 is 0. The van der Waals surface area contributed by atoms with E-state index in [0.717, 1.165) is 60.8 Å². The van der Waals surface area contributed by atoms with Crippen LogP contribution in [0.4, 0.5) is 0 Å². The quantitative estimate of drug-likeness (QED) is 0.252. The third-order valence-electron chi connectivity index (χ3n) is 7.57. The lowest BCUT2D eigenvalue weighted by atomic mass is 9.80. The fourth-order valence-electron chi connectivity index (χ4n) is 4.75. The van der Waals surface area contributed by atoms with Crippen molar-refractivity contribution in [2.45, 2.75) is 38.9 Å². The van der Waals surface area contributed by atoms with Crippen molar-refractivity contribution >= 4 is 45.9 Å². The molecule has 184 valence electrons. The molecule has 0 aliphatic rings. The van der Waals surface area contributed by atoms with Crippen molar-refractivity contribution in [2.24, 2.45) is 0 Å². The topological polar surface area (TPSA) is 55.7 Å². The molecular weight excluding hydrogens is 459 g/mol. The Balaban J connectivity index is 1.57. The van der Waals surface area contributed by atoms with Gasteiger partial charge in [0.2, 0.25) is 0 Å². The third-order valence-corrected chi connectivity index (χ3v) is 7.57. The minimum Gasteiger partial charge on any atom is -0.452 e. The molecule has 0 bridgehead atoms. The van der Waals surface area contributed by atoms with Crippen LogP contribution < -0.4 is 5.46 Å². The van der Waals surface area contributed by atoms with Crippen LogP contribution in [-0.2, 0) is 4.65 Å². The monoisotopic (exact) mass is 488 g/mol. The highest BCUT2D eigenvalue weighted by Crippen LogP contribution is 2.44. The molecule has 0 aliphatic heterocycles. The van der Waals surface area contributed by atoms with Gasteiger partial charge in [0.15, 0.2) is 11.2 Å². The molecule has 0 radical (unpaired) electrons. The summed E-state index contributed by atoms with van der Waals surface area (Å²) in [6.45, 7) is 7.35. The van der Waals surface area contributed by atoms with E-state index in [-0.39, 0.29) is 0 Å². The molecule has 1 N–H and O–H groups in total. The molecule has 4 aromatic carbocycles. The van der Waals surface area contributed by atoms with E-state index in [0.29, 0.717) is 7.48 Å². The first-order chi connectivity index (χ1) is 17.7. The summed E-state index contributed by atoms with van der Waals surface area (Å²) in [4.78, 5) is 0. The van der Waals surface area contributed by atoms with Crippen LogP contribution in [-0.4, -0.2) is 23.8 Å². The molecule has 6 aromatic rings. The molecule has 0 atom stereocenters. The van der Waals surface area contributed by atoms with E-state index in [9.17, 15) is 5.11 Å². The maximum absolute atomic E-state index is 10.5. The Morgan fingerprint density at radius 2 is 1.30 bits per heavy atom. The number of hydrogen-bond acceptors (Lipinski definition) is 4. The van der Waals surface area contributed by atoms with E-state index in [1.807, 2.05) is 62.4 Å². The van der Waals surface area contributed by atoms with Gasteiger partial charge < -0.3 is 18.6 Å². The molecule has 6 rings (SSSR count). The highest BCUT2D eigenvalue weighted by molar-refractivity contribution is 6.53. The van der Waals surface area contributed by atoms with E-state index < -0.39 is 11.2 Å². The van der Waals surface area contributed by atoms with E-state index in [1.54, 1.807) is 13.8 Å². The first-order valence-electron chi connectivity index (χ1n) is 12.6. The van der Waals surface area contributed by atoms with Gasteiger partial charge in [-0.2, -0.15) is 0 Å². The van der Waals surface area contributed by atoms with E-state index >= 15 is 0 Å². The van der Waals surface area contributed by atoms with Crippen LogP contribution in [0.5, 0.6) is 0 Å². The highest BCUT2D eigenvalue weighted by Gasteiger charge is 2.36. The smallest absolute Gasteiger partial charge is 0.310 e. The van der Waals surface area contributed by atoms with Crippen LogP contribution in [0, 0.1) is 0 Å². The maximum Gasteiger partial charge on any atom is 0.310 e. The summed E-state index contributed by atoms with van der Waals surface area (Å²) in [6, 6.07) is 30.8. The summed E-state index contributed by atoms with van der Waals surface area (Å²) in [5, 5.41) is 13.5. The molecule has 0 amide bonds. The average molecular weight is 488 g/mol. The van der Waals surface area contributed by atoms with Crippen molar-refractivity contribution in [2.75, 3.05) is 0 Å². The largest absolute Gasteiger partial charge is 0.452 e. The molecule has 0 unspecified atom stereocenters. The van der Waals surface area contributed by atoms with Gasteiger partial charge in [0.25, 0.3) is 0 Å². The van der Waals surface area contributed by atoms with Crippen LogP contribution >= 0.6 is 0 Å². The van der Waals surface area contributed by atoms with E-state index in [2.05, 4.69) is 42.5 Å².